The molecule has 0 amide bonds. The molecule has 0 spiro atoms. The standard InChI is InChI=1S/C20H13FN2O3.C20H15FN2O.C8H7ClO.C8H8O.CH4/c21-16-8-3-9-17-18(16)23(20(26)13-5-2-7-15(25)11-13)19(22-17)12-4-1-6-14(24)10-12;21-17-10-5-11-18-19(17)23-20(22-18)15-8-4-9-16(12-15)24-13-14-6-2-1-3-7-14;1-6-3-2-4-7(5-6)8(9)10;1-7-3-2-4-8(5-7)6-9;/h1-11,24-25H;1-12H,13H2,(H,22,23);2-5H,1H3;2-6H,1H3;1H4. The van der Waals surface area contributed by atoms with Crippen LogP contribution in [0.2, 0.25) is 0 Å². The summed E-state index contributed by atoms with van der Waals surface area (Å²) >= 11 is 5.24. The van der Waals surface area contributed by atoms with Crippen LogP contribution in [0.3, 0.4) is 0 Å². The minimum Gasteiger partial charge on any atom is -0.508 e. The predicted molar refractivity (Wildman–Crippen MR) is 272 cm³/mol. The van der Waals surface area contributed by atoms with Crippen molar-refractivity contribution in [3.8, 4) is 40.0 Å². The molecule has 8 aromatic carbocycles. The minimum absolute atomic E-state index is 0. The molecule has 13 heteroatoms. The smallest absolute Gasteiger partial charge is 0.264 e. The van der Waals surface area contributed by atoms with Gasteiger partial charge < -0.3 is 19.9 Å². The van der Waals surface area contributed by atoms with E-state index in [0.29, 0.717) is 40.1 Å². The Balaban J connectivity index is 0.000000167. The number of nitrogens with one attached hydrogen (secondary N) is 1. The summed E-state index contributed by atoms with van der Waals surface area (Å²) in [4.78, 5) is 45.7. The molecule has 10 rings (SSSR count). The molecule has 2 aromatic heterocycles. The number of rotatable bonds is 8. The van der Waals surface area contributed by atoms with Crippen LogP contribution in [0.5, 0.6) is 17.2 Å². The van der Waals surface area contributed by atoms with Crippen LogP contribution in [0.1, 0.15) is 55.2 Å². The number of aryl methyl sites for hydroxylation is 2. The first-order valence-electron chi connectivity index (χ1n) is 21.4. The van der Waals surface area contributed by atoms with E-state index in [-0.39, 0.29) is 41.6 Å². The van der Waals surface area contributed by atoms with Crippen LogP contribution in [0.4, 0.5) is 8.78 Å². The monoisotopic (exact) mass is 956 g/mol. The largest absolute Gasteiger partial charge is 0.508 e. The van der Waals surface area contributed by atoms with Gasteiger partial charge in [-0.1, -0.05) is 128 Å². The average Bonchev–Trinajstić information content (AvgIpc) is 3.99. The van der Waals surface area contributed by atoms with Crippen molar-refractivity contribution in [1.29, 1.82) is 0 Å². The molecule has 0 aliphatic carbocycles. The topological polar surface area (TPSA) is 147 Å². The van der Waals surface area contributed by atoms with Crippen LogP contribution in [0, 0.1) is 25.5 Å². The number of carbonyl (C=O) groups is 3. The molecular formula is C57H47ClF2N4O6. The SMILES string of the molecule is C.Cc1cccc(C(=O)Cl)c1.Cc1cccc(C=O)c1.Fc1cccc2[nH]c(-c3cccc(OCc4ccccc4)c3)nc12.O=C(c1cccc(O)c1)n1c(-c2cccc(O)c2)nc2cccc(F)c21. The van der Waals surface area contributed by atoms with Gasteiger partial charge in [0.1, 0.15) is 58.6 Å². The number of benzene rings is 8. The highest BCUT2D eigenvalue weighted by molar-refractivity contribution is 6.67. The summed E-state index contributed by atoms with van der Waals surface area (Å²) in [5.74, 6) is 0.0612. The van der Waals surface area contributed by atoms with Crippen LogP contribution in [-0.2, 0) is 6.61 Å². The Morgan fingerprint density at radius 1 is 0.657 bits per heavy atom. The molecule has 70 heavy (non-hydrogen) atoms. The molecule has 0 bridgehead atoms. The molecular weight excluding hydrogens is 910 g/mol. The summed E-state index contributed by atoms with van der Waals surface area (Å²) in [5.41, 5.74) is 7.48. The number of para-hydroxylation sites is 2. The molecule has 352 valence electrons. The molecule has 0 aliphatic rings. The molecule has 0 aliphatic heterocycles. The van der Waals surface area contributed by atoms with Gasteiger partial charge in [0.2, 0.25) is 0 Å². The van der Waals surface area contributed by atoms with Crippen molar-refractivity contribution in [2.24, 2.45) is 0 Å². The number of carbonyl (C=O) groups excluding carboxylic acids is 3. The number of hydrogen-bond acceptors (Lipinski definition) is 8. The lowest BCUT2D eigenvalue weighted by Gasteiger charge is -2.09. The summed E-state index contributed by atoms with van der Waals surface area (Å²) in [5, 5.41) is 19.0. The van der Waals surface area contributed by atoms with Crippen molar-refractivity contribution in [3.05, 3.63) is 233 Å². The Morgan fingerprint density at radius 2 is 1.29 bits per heavy atom. The number of phenolic OH excluding ortho intramolecular Hbond substituents is 2. The summed E-state index contributed by atoms with van der Waals surface area (Å²) in [6, 6.07) is 53.6. The zero-order chi connectivity index (χ0) is 48.9. The van der Waals surface area contributed by atoms with Gasteiger partial charge in [-0.05, 0) is 110 Å². The quantitative estimate of drug-likeness (QED) is 0.101. The summed E-state index contributed by atoms with van der Waals surface area (Å²) in [6.07, 6.45) is 0.854. The molecule has 2 heterocycles. The van der Waals surface area contributed by atoms with Gasteiger partial charge in [-0.2, -0.15) is 0 Å². The molecule has 0 saturated heterocycles. The van der Waals surface area contributed by atoms with Crippen LogP contribution in [-0.4, -0.2) is 47.2 Å². The maximum Gasteiger partial charge on any atom is 0.264 e. The van der Waals surface area contributed by atoms with E-state index >= 15 is 0 Å². The van der Waals surface area contributed by atoms with Gasteiger partial charge in [0.15, 0.2) is 5.82 Å². The number of phenols is 2. The normalized spacial score (nSPS) is 10.3. The van der Waals surface area contributed by atoms with E-state index in [2.05, 4.69) is 15.0 Å². The highest BCUT2D eigenvalue weighted by atomic mass is 35.5. The number of aromatic amines is 1. The van der Waals surface area contributed by atoms with E-state index in [9.17, 15) is 33.4 Å². The van der Waals surface area contributed by atoms with Crippen molar-refractivity contribution in [1.82, 2.24) is 19.5 Å². The number of aldehydes is 1. The molecule has 10 nitrogen and oxygen atoms in total. The van der Waals surface area contributed by atoms with E-state index < -0.39 is 17.0 Å². The van der Waals surface area contributed by atoms with Crippen molar-refractivity contribution in [2.45, 2.75) is 27.9 Å². The van der Waals surface area contributed by atoms with E-state index in [1.165, 1.54) is 54.6 Å². The minimum atomic E-state index is -0.588. The van der Waals surface area contributed by atoms with E-state index in [1.54, 1.807) is 42.5 Å². The lowest BCUT2D eigenvalue weighted by atomic mass is 10.1. The fraction of sp³-hybridized carbons (Fsp3) is 0.0702. The number of nitrogens with zero attached hydrogens (tertiary/aromatic N) is 3. The second-order valence-corrected chi connectivity index (χ2v) is 15.8. The van der Waals surface area contributed by atoms with E-state index in [4.69, 9.17) is 16.3 Å². The maximum atomic E-state index is 14.5. The third-order valence-electron chi connectivity index (χ3n) is 10.3. The zero-order valence-electron chi connectivity index (χ0n) is 37.2. The Morgan fingerprint density at radius 3 is 1.94 bits per heavy atom. The third-order valence-corrected chi connectivity index (χ3v) is 10.5. The van der Waals surface area contributed by atoms with Gasteiger partial charge in [-0.25, -0.2) is 18.7 Å². The van der Waals surface area contributed by atoms with Crippen LogP contribution >= 0.6 is 11.6 Å². The molecule has 3 N–H and O–H groups in total. The fourth-order valence-electron chi connectivity index (χ4n) is 7.01. The van der Waals surface area contributed by atoms with E-state index in [0.717, 1.165) is 44.4 Å². The van der Waals surface area contributed by atoms with Crippen LogP contribution in [0.25, 0.3) is 44.8 Å². The third kappa shape index (κ3) is 13.0. The van der Waals surface area contributed by atoms with Crippen molar-refractivity contribution in [3.63, 3.8) is 0 Å². The second-order valence-electron chi connectivity index (χ2n) is 15.5. The van der Waals surface area contributed by atoms with Crippen molar-refractivity contribution >= 4 is 51.1 Å². The molecule has 10 aromatic rings. The summed E-state index contributed by atoms with van der Waals surface area (Å²) in [6.45, 7) is 4.38. The molecule has 0 atom stereocenters. The zero-order valence-corrected chi connectivity index (χ0v) is 37.9. The lowest BCUT2D eigenvalue weighted by molar-refractivity contribution is 0.0964. The molecule has 0 saturated carbocycles. The number of hydrogen-bond donors (Lipinski definition) is 3. The second kappa shape index (κ2) is 23.8. The average molecular weight is 957 g/mol. The van der Waals surface area contributed by atoms with Gasteiger partial charge in [-0.3, -0.25) is 19.0 Å². The molecule has 0 fully saturated rings. The highest BCUT2D eigenvalue weighted by Gasteiger charge is 2.22. The highest BCUT2D eigenvalue weighted by Crippen LogP contribution is 2.30. The van der Waals surface area contributed by atoms with Gasteiger partial charge in [0.05, 0.1) is 11.0 Å². The molecule has 0 radical (unpaired) electrons. The summed E-state index contributed by atoms with van der Waals surface area (Å²) in [7, 11) is 0. The number of aromatic nitrogens is 4. The summed E-state index contributed by atoms with van der Waals surface area (Å²) < 4.78 is 35.3. The van der Waals surface area contributed by atoms with Gasteiger partial charge in [-0.15, -0.1) is 0 Å². The fourth-order valence-corrected chi connectivity index (χ4v) is 7.13. The van der Waals surface area contributed by atoms with E-state index in [1.807, 2.05) is 105 Å². The number of imidazole rings is 2. The van der Waals surface area contributed by atoms with Crippen LogP contribution in [0.15, 0.2) is 188 Å². The number of fused-ring (bicyclic) bond motifs is 2. The number of ether oxygens (including phenoxy) is 1. The predicted octanol–water partition coefficient (Wildman–Crippen LogP) is 13.7. The Hall–Kier alpha value is -8.74. The van der Waals surface area contributed by atoms with Gasteiger partial charge in [0.25, 0.3) is 11.1 Å². The van der Waals surface area contributed by atoms with Crippen molar-refractivity contribution < 1.29 is 38.1 Å². The number of halogens is 3. The lowest BCUT2D eigenvalue weighted by Crippen LogP contribution is -2.14. The molecule has 0 unspecified atom stereocenters. The first-order chi connectivity index (χ1) is 33.4. The maximum absolute atomic E-state index is 14.5. The number of aromatic hydroxyl groups is 2. The van der Waals surface area contributed by atoms with Crippen LogP contribution < -0.4 is 4.74 Å². The first-order valence-corrected chi connectivity index (χ1v) is 21.7. The van der Waals surface area contributed by atoms with Gasteiger partial charge >= 0.3 is 0 Å². The Labute approximate surface area is 408 Å². The van der Waals surface area contributed by atoms with Gasteiger partial charge in [0, 0.05) is 27.8 Å². The Bertz CT molecular complexity index is 3410. The number of H-pyrrole nitrogens is 1. The Kier molecular flexibility index (Phi) is 17.2. The first kappa shape index (κ1) is 50.7. The van der Waals surface area contributed by atoms with Crippen molar-refractivity contribution in [2.75, 3.05) is 0 Å².